The molecular formula is C15H26N2O2S. The summed E-state index contributed by atoms with van der Waals surface area (Å²) in [6, 6.07) is 7.28. The summed E-state index contributed by atoms with van der Waals surface area (Å²) in [5.74, 6) is 0. The number of unbranched alkanes of at least 4 members (excludes halogenated alkanes) is 3. The molecule has 4 nitrogen and oxygen atoms in total. The minimum absolute atomic E-state index is 0.264. The lowest BCUT2D eigenvalue weighted by Crippen LogP contribution is -2.22. The largest absolute Gasteiger partial charge is 0.381 e. The number of nitrogens with one attached hydrogen (secondary N) is 2. The molecule has 1 aromatic carbocycles. The van der Waals surface area contributed by atoms with Crippen LogP contribution in [0.4, 0.5) is 5.69 Å². The van der Waals surface area contributed by atoms with E-state index in [1.807, 2.05) is 12.1 Å². The van der Waals surface area contributed by atoms with Gasteiger partial charge in [-0.05, 0) is 32.5 Å². The predicted octanol–water partition coefficient (Wildman–Crippen LogP) is 3.37. The van der Waals surface area contributed by atoms with Gasteiger partial charge in [-0.2, -0.15) is 0 Å². The van der Waals surface area contributed by atoms with Crippen LogP contribution < -0.4 is 10.0 Å². The lowest BCUT2D eigenvalue weighted by molar-refractivity contribution is 0.585. The molecule has 1 unspecified atom stereocenters. The molecule has 0 saturated heterocycles. The summed E-state index contributed by atoms with van der Waals surface area (Å²) in [5.41, 5.74) is 0.671. The van der Waals surface area contributed by atoms with Crippen LogP contribution in [0.2, 0.25) is 0 Å². The Morgan fingerprint density at radius 3 is 2.50 bits per heavy atom. The van der Waals surface area contributed by atoms with Crippen molar-refractivity contribution in [1.82, 2.24) is 4.72 Å². The fraction of sp³-hybridized carbons (Fsp3) is 0.600. The molecule has 0 aliphatic heterocycles. The number of sulfonamides is 1. The zero-order chi connectivity index (χ0) is 15.0. The standard InChI is InChI=1S/C15H26N2O2S/c1-4-5-6-7-10-13(2)17-14-11-8-9-12-15(14)20(18,19)16-3/h8-9,11-13,16-17H,4-7,10H2,1-3H3. The highest BCUT2D eigenvalue weighted by molar-refractivity contribution is 7.89. The number of hydrogen-bond acceptors (Lipinski definition) is 3. The van der Waals surface area contributed by atoms with E-state index in [2.05, 4.69) is 23.9 Å². The van der Waals surface area contributed by atoms with Crippen LogP contribution in [0, 0.1) is 0 Å². The number of para-hydroxylation sites is 1. The molecule has 0 aliphatic carbocycles. The van der Waals surface area contributed by atoms with Crippen LogP contribution in [0.15, 0.2) is 29.2 Å². The Morgan fingerprint density at radius 1 is 1.15 bits per heavy atom. The summed E-state index contributed by atoms with van der Waals surface area (Å²) < 4.78 is 26.3. The number of rotatable bonds is 9. The minimum atomic E-state index is -3.42. The summed E-state index contributed by atoms with van der Waals surface area (Å²) in [5, 5.41) is 3.31. The second kappa shape index (κ2) is 8.27. The van der Waals surface area contributed by atoms with E-state index in [9.17, 15) is 8.42 Å². The first kappa shape index (κ1) is 17.0. The Bertz CT molecular complexity index is 500. The maximum atomic E-state index is 12.0. The van der Waals surface area contributed by atoms with Gasteiger partial charge in [0.15, 0.2) is 0 Å². The van der Waals surface area contributed by atoms with Crippen LogP contribution in [-0.2, 0) is 10.0 Å². The first-order valence-corrected chi connectivity index (χ1v) is 8.78. The molecule has 1 aromatic rings. The van der Waals surface area contributed by atoms with Crippen molar-refractivity contribution in [1.29, 1.82) is 0 Å². The molecule has 0 bridgehead atoms. The summed E-state index contributed by atoms with van der Waals surface area (Å²) in [7, 11) is -1.99. The van der Waals surface area contributed by atoms with Crippen LogP contribution in [-0.4, -0.2) is 21.5 Å². The average Bonchev–Trinajstić information content (AvgIpc) is 2.44. The number of benzene rings is 1. The Hall–Kier alpha value is -1.07. The molecule has 2 N–H and O–H groups in total. The highest BCUT2D eigenvalue weighted by atomic mass is 32.2. The van der Waals surface area contributed by atoms with E-state index in [-0.39, 0.29) is 6.04 Å². The summed E-state index contributed by atoms with van der Waals surface area (Å²) in [4.78, 5) is 0.308. The van der Waals surface area contributed by atoms with E-state index in [0.29, 0.717) is 10.6 Å². The van der Waals surface area contributed by atoms with Gasteiger partial charge in [0, 0.05) is 6.04 Å². The summed E-state index contributed by atoms with van der Waals surface area (Å²) in [6.45, 7) is 4.29. The molecule has 0 amide bonds. The molecule has 0 aromatic heterocycles. The molecule has 0 aliphatic rings. The Morgan fingerprint density at radius 2 is 1.85 bits per heavy atom. The van der Waals surface area contributed by atoms with Crippen molar-refractivity contribution in [3.05, 3.63) is 24.3 Å². The zero-order valence-electron chi connectivity index (χ0n) is 12.6. The molecule has 0 radical (unpaired) electrons. The predicted molar refractivity (Wildman–Crippen MR) is 84.5 cm³/mol. The maximum Gasteiger partial charge on any atom is 0.242 e. The molecule has 114 valence electrons. The normalized spacial score (nSPS) is 13.2. The molecule has 20 heavy (non-hydrogen) atoms. The van der Waals surface area contributed by atoms with Gasteiger partial charge < -0.3 is 5.32 Å². The van der Waals surface area contributed by atoms with E-state index in [4.69, 9.17) is 0 Å². The van der Waals surface area contributed by atoms with Crippen LogP contribution in [0.5, 0.6) is 0 Å². The van der Waals surface area contributed by atoms with Crippen LogP contribution in [0.3, 0.4) is 0 Å². The molecule has 1 rings (SSSR count). The van der Waals surface area contributed by atoms with Gasteiger partial charge in [0.25, 0.3) is 0 Å². The van der Waals surface area contributed by atoms with E-state index in [1.54, 1.807) is 12.1 Å². The van der Waals surface area contributed by atoms with Gasteiger partial charge in [0.05, 0.1) is 5.69 Å². The topological polar surface area (TPSA) is 58.2 Å². The van der Waals surface area contributed by atoms with E-state index >= 15 is 0 Å². The van der Waals surface area contributed by atoms with E-state index in [1.165, 1.54) is 32.7 Å². The molecule has 0 saturated carbocycles. The van der Waals surface area contributed by atoms with E-state index < -0.39 is 10.0 Å². The lowest BCUT2D eigenvalue weighted by atomic mass is 10.1. The van der Waals surface area contributed by atoms with Crippen LogP contribution in [0.1, 0.15) is 46.0 Å². The van der Waals surface area contributed by atoms with Gasteiger partial charge in [0.1, 0.15) is 4.90 Å². The quantitative estimate of drug-likeness (QED) is 0.687. The fourth-order valence-electron chi connectivity index (χ4n) is 2.15. The zero-order valence-corrected chi connectivity index (χ0v) is 13.5. The van der Waals surface area contributed by atoms with Crippen molar-refractivity contribution in [2.45, 2.75) is 56.9 Å². The second-order valence-corrected chi connectivity index (χ2v) is 6.95. The third kappa shape index (κ3) is 5.13. The van der Waals surface area contributed by atoms with Gasteiger partial charge >= 0.3 is 0 Å². The Balaban J connectivity index is 2.68. The van der Waals surface area contributed by atoms with Crippen LogP contribution >= 0.6 is 0 Å². The van der Waals surface area contributed by atoms with Gasteiger partial charge in [0.2, 0.25) is 10.0 Å². The van der Waals surface area contributed by atoms with Gasteiger partial charge in [-0.3, -0.25) is 0 Å². The molecule has 0 fully saturated rings. The Kier molecular flexibility index (Phi) is 7.02. The van der Waals surface area contributed by atoms with E-state index in [0.717, 1.165) is 6.42 Å². The maximum absolute atomic E-state index is 12.0. The highest BCUT2D eigenvalue weighted by Gasteiger charge is 2.16. The van der Waals surface area contributed by atoms with Gasteiger partial charge in [-0.1, -0.05) is 44.7 Å². The molecule has 0 spiro atoms. The Labute approximate surface area is 123 Å². The smallest absolute Gasteiger partial charge is 0.242 e. The first-order valence-electron chi connectivity index (χ1n) is 7.30. The molecule has 1 atom stereocenters. The van der Waals surface area contributed by atoms with Crippen molar-refractivity contribution in [3.8, 4) is 0 Å². The SMILES string of the molecule is CCCCCCC(C)Nc1ccccc1S(=O)(=O)NC. The van der Waals surface area contributed by atoms with Crippen LogP contribution in [0.25, 0.3) is 0 Å². The average molecular weight is 298 g/mol. The van der Waals surface area contributed by atoms with Gasteiger partial charge in [-0.25, -0.2) is 13.1 Å². The number of hydrogen-bond donors (Lipinski definition) is 2. The number of anilines is 1. The van der Waals surface area contributed by atoms with Crippen molar-refractivity contribution in [2.24, 2.45) is 0 Å². The second-order valence-electron chi connectivity index (χ2n) is 5.10. The summed E-state index contributed by atoms with van der Waals surface area (Å²) in [6.07, 6.45) is 5.94. The summed E-state index contributed by atoms with van der Waals surface area (Å²) >= 11 is 0. The van der Waals surface area contributed by atoms with Gasteiger partial charge in [-0.15, -0.1) is 0 Å². The minimum Gasteiger partial charge on any atom is -0.381 e. The molecule has 0 heterocycles. The van der Waals surface area contributed by atoms with Crippen molar-refractivity contribution < 1.29 is 8.42 Å². The van der Waals surface area contributed by atoms with Crippen molar-refractivity contribution >= 4 is 15.7 Å². The fourth-order valence-corrected chi connectivity index (χ4v) is 3.04. The monoisotopic (exact) mass is 298 g/mol. The third-order valence-corrected chi connectivity index (χ3v) is 4.81. The molecule has 5 heteroatoms. The third-order valence-electron chi connectivity index (χ3n) is 3.34. The first-order chi connectivity index (χ1) is 9.51. The van der Waals surface area contributed by atoms with Crippen molar-refractivity contribution in [2.75, 3.05) is 12.4 Å². The highest BCUT2D eigenvalue weighted by Crippen LogP contribution is 2.22. The lowest BCUT2D eigenvalue weighted by Gasteiger charge is -2.18. The van der Waals surface area contributed by atoms with Crippen molar-refractivity contribution in [3.63, 3.8) is 0 Å². The molecular weight excluding hydrogens is 272 g/mol.